The largest absolute Gasteiger partial charge is 0.396 e. The average Bonchev–Trinajstić information content (AvgIpc) is 2.53. The Labute approximate surface area is 111 Å². The minimum Gasteiger partial charge on any atom is -0.396 e. The number of hydrogen-bond donors (Lipinski definition) is 2. The molecule has 0 aliphatic rings. The molecule has 0 saturated heterocycles. The molecule has 2 nitrogen and oxygen atoms in total. The third-order valence-electron chi connectivity index (χ3n) is 2.23. The number of thiophene rings is 1. The SMILES string of the molecule is CCC(CCO)NCc1cc(Br)c(Br)s1. The molecule has 0 saturated carbocycles. The van der Waals surface area contributed by atoms with Gasteiger partial charge in [-0.1, -0.05) is 6.92 Å². The molecule has 86 valence electrons. The highest BCUT2D eigenvalue weighted by Crippen LogP contribution is 2.32. The van der Waals surface area contributed by atoms with Crippen LogP contribution in [0.4, 0.5) is 0 Å². The van der Waals surface area contributed by atoms with E-state index in [1.165, 1.54) is 4.88 Å². The molecule has 1 aromatic heterocycles. The summed E-state index contributed by atoms with van der Waals surface area (Å²) in [5, 5.41) is 12.3. The molecule has 0 aromatic carbocycles. The first-order valence-electron chi connectivity index (χ1n) is 4.95. The Morgan fingerprint density at radius 1 is 1.53 bits per heavy atom. The molecule has 0 aliphatic heterocycles. The van der Waals surface area contributed by atoms with Gasteiger partial charge < -0.3 is 10.4 Å². The van der Waals surface area contributed by atoms with E-state index in [-0.39, 0.29) is 6.61 Å². The predicted molar refractivity (Wildman–Crippen MR) is 72.3 cm³/mol. The molecule has 0 bridgehead atoms. The fraction of sp³-hybridized carbons (Fsp3) is 0.600. The average molecular weight is 357 g/mol. The first-order chi connectivity index (χ1) is 7.17. The normalized spacial score (nSPS) is 13.1. The zero-order valence-corrected chi connectivity index (χ0v) is 12.6. The molecular formula is C10H15Br2NOS. The van der Waals surface area contributed by atoms with Crippen LogP contribution in [0.15, 0.2) is 14.3 Å². The lowest BCUT2D eigenvalue weighted by atomic mass is 10.1. The van der Waals surface area contributed by atoms with Gasteiger partial charge in [-0.05, 0) is 50.8 Å². The monoisotopic (exact) mass is 355 g/mol. The van der Waals surface area contributed by atoms with E-state index in [1.54, 1.807) is 11.3 Å². The number of aliphatic hydroxyl groups excluding tert-OH is 1. The number of halogens is 2. The summed E-state index contributed by atoms with van der Waals surface area (Å²) in [6.45, 7) is 3.25. The Bertz CT molecular complexity index is 284. The molecule has 5 heteroatoms. The van der Waals surface area contributed by atoms with E-state index in [0.717, 1.165) is 27.6 Å². The zero-order chi connectivity index (χ0) is 11.3. The Morgan fingerprint density at radius 3 is 2.73 bits per heavy atom. The molecule has 0 spiro atoms. The van der Waals surface area contributed by atoms with Gasteiger partial charge in [0.15, 0.2) is 0 Å². The quantitative estimate of drug-likeness (QED) is 0.817. The van der Waals surface area contributed by atoms with Crippen molar-refractivity contribution in [2.45, 2.75) is 32.4 Å². The van der Waals surface area contributed by atoms with Crippen molar-refractivity contribution in [2.75, 3.05) is 6.61 Å². The Kier molecular flexibility index (Phi) is 6.38. The van der Waals surface area contributed by atoms with Crippen LogP contribution in [-0.4, -0.2) is 17.8 Å². The highest BCUT2D eigenvalue weighted by atomic mass is 79.9. The topological polar surface area (TPSA) is 32.3 Å². The Balaban J connectivity index is 2.41. The van der Waals surface area contributed by atoms with Crippen LogP contribution in [-0.2, 0) is 6.54 Å². The van der Waals surface area contributed by atoms with Gasteiger partial charge in [-0.25, -0.2) is 0 Å². The second-order valence-electron chi connectivity index (χ2n) is 3.33. The second kappa shape index (κ2) is 7.01. The molecule has 0 fully saturated rings. The molecule has 1 unspecified atom stereocenters. The summed E-state index contributed by atoms with van der Waals surface area (Å²) in [5.74, 6) is 0. The minimum atomic E-state index is 0.253. The van der Waals surface area contributed by atoms with Gasteiger partial charge in [0.05, 0.1) is 3.79 Å². The van der Waals surface area contributed by atoms with E-state index < -0.39 is 0 Å². The van der Waals surface area contributed by atoms with Gasteiger partial charge >= 0.3 is 0 Å². The summed E-state index contributed by atoms with van der Waals surface area (Å²) >= 11 is 8.67. The molecule has 1 atom stereocenters. The third-order valence-corrected chi connectivity index (χ3v) is 5.49. The van der Waals surface area contributed by atoms with Crippen molar-refractivity contribution in [1.29, 1.82) is 0 Å². The highest BCUT2D eigenvalue weighted by Gasteiger charge is 2.07. The Morgan fingerprint density at radius 2 is 2.27 bits per heavy atom. The van der Waals surface area contributed by atoms with Gasteiger partial charge in [-0.2, -0.15) is 0 Å². The molecule has 2 N–H and O–H groups in total. The van der Waals surface area contributed by atoms with E-state index >= 15 is 0 Å². The van der Waals surface area contributed by atoms with Crippen molar-refractivity contribution in [3.05, 3.63) is 19.2 Å². The van der Waals surface area contributed by atoms with Gasteiger partial charge in [0, 0.05) is 28.5 Å². The van der Waals surface area contributed by atoms with Gasteiger partial charge in [0.2, 0.25) is 0 Å². The maximum absolute atomic E-state index is 8.86. The maximum Gasteiger partial charge on any atom is 0.0843 e. The summed E-state index contributed by atoms with van der Waals surface area (Å²) in [6, 6.07) is 2.53. The van der Waals surface area contributed by atoms with E-state index in [2.05, 4.69) is 50.2 Å². The van der Waals surface area contributed by atoms with Crippen LogP contribution in [0, 0.1) is 0 Å². The van der Waals surface area contributed by atoms with Gasteiger partial charge in [0.1, 0.15) is 0 Å². The van der Waals surface area contributed by atoms with Crippen LogP contribution in [0.5, 0.6) is 0 Å². The van der Waals surface area contributed by atoms with Crippen LogP contribution in [0.3, 0.4) is 0 Å². The first-order valence-corrected chi connectivity index (χ1v) is 7.35. The minimum absolute atomic E-state index is 0.253. The van der Waals surface area contributed by atoms with Crippen molar-refractivity contribution in [2.24, 2.45) is 0 Å². The summed E-state index contributed by atoms with van der Waals surface area (Å²) in [7, 11) is 0. The molecule has 0 amide bonds. The van der Waals surface area contributed by atoms with Gasteiger partial charge in [-0.15, -0.1) is 11.3 Å². The van der Waals surface area contributed by atoms with E-state index in [1.807, 2.05) is 0 Å². The lowest BCUT2D eigenvalue weighted by Gasteiger charge is -2.14. The number of nitrogens with one attached hydrogen (secondary N) is 1. The molecular weight excluding hydrogens is 342 g/mol. The molecule has 1 rings (SSSR count). The van der Waals surface area contributed by atoms with Gasteiger partial charge in [0.25, 0.3) is 0 Å². The molecule has 1 heterocycles. The lowest BCUT2D eigenvalue weighted by molar-refractivity contribution is 0.262. The number of hydrogen-bond acceptors (Lipinski definition) is 3. The third kappa shape index (κ3) is 4.53. The number of rotatable bonds is 6. The van der Waals surface area contributed by atoms with Crippen molar-refractivity contribution >= 4 is 43.2 Å². The van der Waals surface area contributed by atoms with Crippen LogP contribution in [0.2, 0.25) is 0 Å². The molecule has 0 radical (unpaired) electrons. The van der Waals surface area contributed by atoms with E-state index in [4.69, 9.17) is 5.11 Å². The van der Waals surface area contributed by atoms with Crippen molar-refractivity contribution in [3.63, 3.8) is 0 Å². The highest BCUT2D eigenvalue weighted by molar-refractivity contribution is 9.13. The standard InChI is InChI=1S/C10H15Br2NOS/c1-2-7(3-4-14)13-6-8-5-9(11)10(12)15-8/h5,7,13-14H,2-4,6H2,1H3. The van der Waals surface area contributed by atoms with E-state index in [9.17, 15) is 0 Å². The lowest BCUT2D eigenvalue weighted by Crippen LogP contribution is -2.28. The molecule has 1 aromatic rings. The van der Waals surface area contributed by atoms with Crippen LogP contribution < -0.4 is 5.32 Å². The number of aliphatic hydroxyl groups is 1. The fourth-order valence-electron chi connectivity index (χ4n) is 1.33. The summed E-state index contributed by atoms with van der Waals surface area (Å²) in [6.07, 6.45) is 1.87. The smallest absolute Gasteiger partial charge is 0.0843 e. The zero-order valence-electron chi connectivity index (χ0n) is 8.59. The van der Waals surface area contributed by atoms with Crippen molar-refractivity contribution in [1.82, 2.24) is 5.32 Å². The summed E-state index contributed by atoms with van der Waals surface area (Å²) in [4.78, 5) is 1.30. The summed E-state index contributed by atoms with van der Waals surface area (Å²) in [5.41, 5.74) is 0. The summed E-state index contributed by atoms with van der Waals surface area (Å²) < 4.78 is 2.24. The fourth-order valence-corrected chi connectivity index (χ4v) is 3.46. The van der Waals surface area contributed by atoms with Crippen molar-refractivity contribution in [3.8, 4) is 0 Å². The van der Waals surface area contributed by atoms with E-state index in [0.29, 0.717) is 6.04 Å². The predicted octanol–water partition coefficient (Wildman–Crippen LogP) is 3.52. The van der Waals surface area contributed by atoms with Gasteiger partial charge in [-0.3, -0.25) is 0 Å². The maximum atomic E-state index is 8.86. The van der Waals surface area contributed by atoms with Crippen LogP contribution in [0.1, 0.15) is 24.6 Å². The molecule has 15 heavy (non-hydrogen) atoms. The molecule has 0 aliphatic carbocycles. The first kappa shape index (κ1) is 13.6. The van der Waals surface area contributed by atoms with Crippen LogP contribution in [0.25, 0.3) is 0 Å². The Hall–Kier alpha value is 0.580. The second-order valence-corrected chi connectivity index (χ2v) is 6.64. The van der Waals surface area contributed by atoms with Crippen LogP contribution >= 0.6 is 43.2 Å². The van der Waals surface area contributed by atoms with Crippen molar-refractivity contribution < 1.29 is 5.11 Å².